The Hall–Kier alpha value is -3.11. The van der Waals surface area contributed by atoms with E-state index >= 15 is 0 Å². The third kappa shape index (κ3) is 5.82. The molecule has 1 aliphatic carbocycles. The van der Waals surface area contributed by atoms with E-state index in [1.165, 1.54) is 22.3 Å². The largest absolute Gasteiger partial charge is 0.481 e. The standard InChI is InChI=1S/C28H28ClNO3/c29-24-12-6-19(7-13-24)18-23(16-17-30-27(31)25-14-15-26(25)28(32)33)22-10-8-21(9-11-22)20-4-2-1-3-5-20/h1-13,23,25-26H,14-18H2,(H,30,31)(H,32,33)/t23-,25?,26?/m0/s1. The van der Waals surface area contributed by atoms with E-state index in [4.69, 9.17) is 11.6 Å². The summed E-state index contributed by atoms with van der Waals surface area (Å²) >= 11 is 6.05. The van der Waals surface area contributed by atoms with Gasteiger partial charge in [-0.3, -0.25) is 9.59 Å². The molecule has 1 aliphatic rings. The monoisotopic (exact) mass is 461 g/mol. The number of carboxylic acid groups (broad SMARTS) is 1. The van der Waals surface area contributed by atoms with Crippen LogP contribution in [0.4, 0.5) is 0 Å². The maximum atomic E-state index is 12.5. The third-order valence-corrected chi connectivity index (χ3v) is 6.86. The molecule has 3 atom stereocenters. The average molecular weight is 462 g/mol. The number of rotatable bonds is 9. The first-order valence-electron chi connectivity index (χ1n) is 11.4. The van der Waals surface area contributed by atoms with E-state index in [9.17, 15) is 14.7 Å². The summed E-state index contributed by atoms with van der Waals surface area (Å²) in [5, 5.41) is 12.9. The number of hydrogen-bond donors (Lipinski definition) is 2. The van der Waals surface area contributed by atoms with Gasteiger partial charge in [-0.25, -0.2) is 0 Å². The van der Waals surface area contributed by atoms with Crippen LogP contribution >= 0.6 is 11.6 Å². The van der Waals surface area contributed by atoms with Crippen molar-refractivity contribution in [2.24, 2.45) is 11.8 Å². The summed E-state index contributed by atoms with van der Waals surface area (Å²) in [5.74, 6) is -1.74. The SMILES string of the molecule is O=C(O)C1CCC1C(=O)NCC[C@@H](Cc1ccc(Cl)cc1)c1ccc(-c2ccccc2)cc1. The summed E-state index contributed by atoms with van der Waals surface area (Å²) in [5.41, 5.74) is 4.75. The minimum absolute atomic E-state index is 0.140. The molecule has 0 aliphatic heterocycles. The number of benzene rings is 3. The first kappa shape index (κ1) is 23.1. The van der Waals surface area contributed by atoms with Crippen molar-refractivity contribution in [3.63, 3.8) is 0 Å². The highest BCUT2D eigenvalue weighted by molar-refractivity contribution is 6.30. The molecular formula is C28H28ClNO3. The van der Waals surface area contributed by atoms with Crippen molar-refractivity contribution in [3.05, 3.63) is 95.0 Å². The quantitative estimate of drug-likeness (QED) is 0.413. The highest BCUT2D eigenvalue weighted by atomic mass is 35.5. The Labute approximate surface area is 199 Å². The summed E-state index contributed by atoms with van der Waals surface area (Å²) in [6.07, 6.45) is 2.83. The van der Waals surface area contributed by atoms with Gasteiger partial charge in [0.05, 0.1) is 11.8 Å². The van der Waals surface area contributed by atoms with Crippen LogP contribution in [0, 0.1) is 11.8 Å². The summed E-state index contributed by atoms with van der Waals surface area (Å²) in [6.45, 7) is 0.514. The molecule has 0 aromatic heterocycles. The summed E-state index contributed by atoms with van der Waals surface area (Å²) in [7, 11) is 0. The van der Waals surface area contributed by atoms with E-state index in [-0.39, 0.29) is 11.8 Å². The number of amides is 1. The summed E-state index contributed by atoms with van der Waals surface area (Å²) in [4.78, 5) is 23.7. The molecule has 33 heavy (non-hydrogen) atoms. The molecule has 3 aromatic carbocycles. The molecule has 4 nitrogen and oxygen atoms in total. The molecule has 0 spiro atoms. The number of halogens is 1. The van der Waals surface area contributed by atoms with Crippen molar-refractivity contribution >= 4 is 23.5 Å². The van der Waals surface area contributed by atoms with Gasteiger partial charge in [-0.1, -0.05) is 78.3 Å². The smallest absolute Gasteiger partial charge is 0.307 e. The minimum Gasteiger partial charge on any atom is -0.481 e. The van der Waals surface area contributed by atoms with Crippen LogP contribution in [0.15, 0.2) is 78.9 Å². The predicted octanol–water partition coefficient (Wildman–Crippen LogP) is 5.95. The number of carbonyl (C=O) groups excluding carboxylic acids is 1. The topological polar surface area (TPSA) is 66.4 Å². The third-order valence-electron chi connectivity index (χ3n) is 6.60. The molecule has 0 heterocycles. The molecule has 1 fully saturated rings. The minimum atomic E-state index is -0.875. The van der Waals surface area contributed by atoms with Crippen molar-refractivity contribution < 1.29 is 14.7 Å². The van der Waals surface area contributed by atoms with Crippen molar-refractivity contribution in [3.8, 4) is 11.1 Å². The fourth-order valence-electron chi connectivity index (χ4n) is 4.48. The van der Waals surface area contributed by atoms with Gasteiger partial charge in [-0.2, -0.15) is 0 Å². The maximum absolute atomic E-state index is 12.5. The van der Waals surface area contributed by atoms with Gasteiger partial charge in [-0.05, 0) is 66.0 Å². The van der Waals surface area contributed by atoms with E-state index in [2.05, 4.69) is 41.7 Å². The molecule has 0 saturated heterocycles. The second-order valence-electron chi connectivity index (χ2n) is 8.72. The first-order chi connectivity index (χ1) is 16.0. The van der Waals surface area contributed by atoms with Crippen LogP contribution in [0.2, 0.25) is 5.02 Å². The zero-order valence-corrected chi connectivity index (χ0v) is 19.2. The van der Waals surface area contributed by atoms with Gasteiger partial charge in [-0.15, -0.1) is 0 Å². The van der Waals surface area contributed by atoms with Crippen molar-refractivity contribution in [1.29, 1.82) is 0 Å². The van der Waals surface area contributed by atoms with E-state index in [0.717, 1.165) is 12.8 Å². The summed E-state index contributed by atoms with van der Waals surface area (Å²) < 4.78 is 0. The van der Waals surface area contributed by atoms with Crippen LogP contribution in [0.1, 0.15) is 36.3 Å². The predicted molar refractivity (Wildman–Crippen MR) is 131 cm³/mol. The van der Waals surface area contributed by atoms with Gasteiger partial charge in [0.2, 0.25) is 5.91 Å². The molecule has 5 heteroatoms. The van der Waals surface area contributed by atoms with E-state index in [1.807, 2.05) is 42.5 Å². The number of carboxylic acids is 1. The number of nitrogens with one attached hydrogen (secondary N) is 1. The molecular weight excluding hydrogens is 434 g/mol. The van der Waals surface area contributed by atoms with E-state index < -0.39 is 17.8 Å². The highest BCUT2D eigenvalue weighted by Crippen LogP contribution is 2.34. The van der Waals surface area contributed by atoms with Gasteiger partial charge >= 0.3 is 5.97 Å². The summed E-state index contributed by atoms with van der Waals surface area (Å²) in [6, 6.07) is 26.8. The molecule has 170 valence electrons. The van der Waals surface area contributed by atoms with Crippen LogP contribution in [-0.4, -0.2) is 23.5 Å². The number of carbonyl (C=O) groups is 2. The maximum Gasteiger partial charge on any atom is 0.307 e. The number of aliphatic carboxylic acids is 1. The lowest BCUT2D eigenvalue weighted by atomic mass is 9.73. The van der Waals surface area contributed by atoms with Crippen LogP contribution in [0.5, 0.6) is 0 Å². The van der Waals surface area contributed by atoms with E-state index in [0.29, 0.717) is 24.4 Å². The molecule has 1 saturated carbocycles. The lowest BCUT2D eigenvalue weighted by Crippen LogP contribution is -2.44. The lowest BCUT2D eigenvalue weighted by molar-refractivity contribution is -0.152. The zero-order valence-electron chi connectivity index (χ0n) is 18.4. The second kappa shape index (κ2) is 10.7. The normalized spacial score (nSPS) is 18.2. The molecule has 0 radical (unpaired) electrons. The average Bonchev–Trinajstić information content (AvgIpc) is 2.79. The Morgan fingerprint density at radius 2 is 1.52 bits per heavy atom. The van der Waals surface area contributed by atoms with E-state index in [1.54, 1.807) is 0 Å². The van der Waals surface area contributed by atoms with Crippen LogP contribution in [0.3, 0.4) is 0 Å². The van der Waals surface area contributed by atoms with Gasteiger partial charge in [0.1, 0.15) is 0 Å². The van der Waals surface area contributed by atoms with Gasteiger partial charge in [0.25, 0.3) is 0 Å². The van der Waals surface area contributed by atoms with Gasteiger partial charge in [0, 0.05) is 11.6 Å². The zero-order chi connectivity index (χ0) is 23.2. The number of hydrogen-bond acceptors (Lipinski definition) is 2. The Bertz CT molecular complexity index is 1080. The van der Waals surface area contributed by atoms with Crippen molar-refractivity contribution in [2.45, 2.75) is 31.6 Å². The van der Waals surface area contributed by atoms with Gasteiger partial charge < -0.3 is 10.4 Å². The second-order valence-corrected chi connectivity index (χ2v) is 9.16. The fourth-order valence-corrected chi connectivity index (χ4v) is 4.61. The Morgan fingerprint density at radius 3 is 2.12 bits per heavy atom. The fraction of sp³-hybridized carbons (Fsp3) is 0.286. The molecule has 2 unspecified atom stereocenters. The van der Waals surface area contributed by atoms with Crippen LogP contribution in [0.25, 0.3) is 11.1 Å². The van der Waals surface area contributed by atoms with Crippen molar-refractivity contribution in [1.82, 2.24) is 5.32 Å². The lowest BCUT2D eigenvalue weighted by Gasteiger charge is -2.32. The Kier molecular flexibility index (Phi) is 7.46. The molecule has 1 amide bonds. The first-order valence-corrected chi connectivity index (χ1v) is 11.8. The highest BCUT2D eigenvalue weighted by Gasteiger charge is 2.41. The molecule has 3 aromatic rings. The molecule has 4 rings (SSSR count). The van der Waals surface area contributed by atoms with Crippen LogP contribution in [-0.2, 0) is 16.0 Å². The van der Waals surface area contributed by atoms with Gasteiger partial charge in [0.15, 0.2) is 0 Å². The Morgan fingerprint density at radius 1 is 0.879 bits per heavy atom. The molecule has 2 N–H and O–H groups in total. The van der Waals surface area contributed by atoms with Crippen LogP contribution < -0.4 is 5.32 Å². The molecule has 0 bridgehead atoms. The Balaban J connectivity index is 1.44. The van der Waals surface area contributed by atoms with Crippen molar-refractivity contribution in [2.75, 3.05) is 6.54 Å².